The van der Waals surface area contributed by atoms with Crippen molar-refractivity contribution in [3.05, 3.63) is 77.5 Å². The fraction of sp³-hybridized carbons (Fsp3) is 0.158. The van der Waals surface area contributed by atoms with Gasteiger partial charge in [0.25, 0.3) is 0 Å². The molecule has 3 heteroatoms. The van der Waals surface area contributed by atoms with Crippen LogP contribution in [0.1, 0.15) is 11.1 Å². The third-order valence-corrected chi connectivity index (χ3v) is 3.67. The van der Waals surface area contributed by atoms with Crippen LogP contribution < -0.4 is 0 Å². The lowest BCUT2D eigenvalue weighted by atomic mass is 10.1. The molecule has 0 saturated heterocycles. The van der Waals surface area contributed by atoms with Gasteiger partial charge in [-0.2, -0.15) is 5.26 Å². The number of allylic oxidation sites excluding steroid dienone is 1. The highest BCUT2D eigenvalue weighted by molar-refractivity contribution is 6.70. The lowest BCUT2D eigenvalue weighted by molar-refractivity contribution is 0.515. The molecule has 0 aromatic heterocycles. The molecular formula is C19H19NOSi. The molecule has 0 unspecified atom stereocenters. The lowest BCUT2D eigenvalue weighted by Gasteiger charge is -2.20. The molecule has 0 heterocycles. The Morgan fingerprint density at radius 1 is 0.864 bits per heavy atom. The van der Waals surface area contributed by atoms with Gasteiger partial charge in [-0.1, -0.05) is 66.4 Å². The van der Waals surface area contributed by atoms with Crippen molar-refractivity contribution < 1.29 is 4.43 Å². The Hall–Kier alpha value is -2.53. The second kappa shape index (κ2) is 6.95. The van der Waals surface area contributed by atoms with Gasteiger partial charge < -0.3 is 4.43 Å². The Morgan fingerprint density at radius 3 is 1.82 bits per heavy atom. The zero-order valence-corrected chi connectivity index (χ0v) is 14.1. The van der Waals surface area contributed by atoms with Crippen LogP contribution in [0, 0.1) is 11.3 Å². The van der Waals surface area contributed by atoms with Gasteiger partial charge in [0.15, 0.2) is 5.76 Å². The minimum Gasteiger partial charge on any atom is -0.539 e. The van der Waals surface area contributed by atoms with E-state index in [2.05, 4.69) is 31.4 Å². The summed E-state index contributed by atoms with van der Waals surface area (Å²) in [5.74, 6) is 0.639. The van der Waals surface area contributed by atoms with Gasteiger partial charge in [0.05, 0.1) is 0 Å². The largest absolute Gasteiger partial charge is 0.539 e. The maximum Gasteiger partial charge on any atom is 0.243 e. The van der Waals surface area contributed by atoms with E-state index in [1.54, 1.807) is 0 Å². The molecule has 2 aromatic carbocycles. The van der Waals surface area contributed by atoms with Crippen molar-refractivity contribution >= 4 is 19.6 Å². The highest BCUT2D eigenvalue weighted by Crippen LogP contribution is 2.22. The molecule has 0 atom stereocenters. The Balaban J connectivity index is 2.61. The zero-order chi connectivity index (χ0) is 16.0. The summed E-state index contributed by atoms with van der Waals surface area (Å²) in [6.07, 6.45) is 0. The standard InChI is InChI=1S/C19H19NOSi/c1-22(2,3)21-19(17-12-8-5-9-13-17)14-18(15-20)16-10-6-4-7-11-16/h4-13H,1-3H3. The van der Waals surface area contributed by atoms with Crippen LogP contribution in [0.3, 0.4) is 0 Å². The van der Waals surface area contributed by atoms with Crippen LogP contribution in [0.5, 0.6) is 0 Å². The van der Waals surface area contributed by atoms with Gasteiger partial charge in [0, 0.05) is 11.1 Å². The predicted octanol–water partition coefficient (Wildman–Crippen LogP) is 5.09. The van der Waals surface area contributed by atoms with Gasteiger partial charge in [-0.05, 0) is 19.6 Å². The molecular weight excluding hydrogens is 286 g/mol. The van der Waals surface area contributed by atoms with E-state index >= 15 is 0 Å². The van der Waals surface area contributed by atoms with Gasteiger partial charge in [-0.3, -0.25) is 0 Å². The van der Waals surface area contributed by atoms with Gasteiger partial charge in [-0.15, -0.1) is 0 Å². The summed E-state index contributed by atoms with van der Waals surface area (Å²) in [4.78, 5) is 0. The normalized spacial score (nSPS) is 10.3. The summed E-state index contributed by atoms with van der Waals surface area (Å²) in [7, 11) is -1.81. The molecule has 2 nitrogen and oxygen atoms in total. The number of nitrogens with zero attached hydrogens (tertiary/aromatic N) is 1. The fourth-order valence-electron chi connectivity index (χ4n) is 1.94. The first-order valence-corrected chi connectivity index (χ1v) is 10.6. The van der Waals surface area contributed by atoms with Crippen LogP contribution in [0.25, 0.3) is 11.3 Å². The fourth-order valence-corrected chi connectivity index (χ4v) is 2.72. The van der Waals surface area contributed by atoms with Crippen LogP contribution in [-0.2, 0) is 4.43 Å². The molecule has 0 fully saturated rings. The van der Waals surface area contributed by atoms with Gasteiger partial charge in [0.2, 0.25) is 8.32 Å². The van der Waals surface area contributed by atoms with Crippen LogP contribution >= 0.6 is 0 Å². The monoisotopic (exact) mass is 305 g/mol. The minimum absolute atomic E-state index is 0.484. The first-order chi connectivity index (χ1) is 10.5. The lowest BCUT2D eigenvalue weighted by Crippen LogP contribution is -2.24. The third kappa shape index (κ3) is 4.49. The van der Waals surface area contributed by atoms with Gasteiger partial charge in [0.1, 0.15) is 11.6 Å². The van der Waals surface area contributed by atoms with E-state index in [0.29, 0.717) is 11.3 Å². The van der Waals surface area contributed by atoms with Crippen molar-refractivity contribution in [2.24, 2.45) is 0 Å². The van der Waals surface area contributed by atoms with Gasteiger partial charge >= 0.3 is 0 Å². The van der Waals surface area contributed by atoms with Crippen molar-refractivity contribution in [3.63, 3.8) is 0 Å². The predicted molar refractivity (Wildman–Crippen MR) is 93.3 cm³/mol. The molecule has 2 aromatic rings. The van der Waals surface area contributed by atoms with E-state index in [1.807, 2.05) is 60.7 Å². The Kier molecular flexibility index (Phi) is 5.01. The molecule has 0 bridgehead atoms. The van der Waals surface area contributed by atoms with Crippen molar-refractivity contribution in [3.8, 4) is 6.07 Å². The minimum atomic E-state index is -1.81. The number of rotatable bonds is 4. The second-order valence-corrected chi connectivity index (χ2v) is 10.3. The van der Waals surface area contributed by atoms with Crippen LogP contribution in [-0.4, -0.2) is 8.32 Å². The van der Waals surface area contributed by atoms with Crippen LogP contribution in [0.4, 0.5) is 0 Å². The maximum atomic E-state index is 9.47. The van der Waals surface area contributed by atoms with Crippen molar-refractivity contribution in [1.29, 1.82) is 5.26 Å². The maximum absolute atomic E-state index is 9.47. The third-order valence-electron chi connectivity index (χ3n) is 2.86. The summed E-state index contributed by atoms with van der Waals surface area (Å²) >= 11 is 0. The highest BCUT2D eigenvalue weighted by Gasteiger charge is 2.19. The van der Waals surface area contributed by atoms with E-state index in [0.717, 1.165) is 11.1 Å². The molecule has 0 saturated carbocycles. The van der Waals surface area contributed by atoms with E-state index in [1.165, 1.54) is 0 Å². The highest BCUT2D eigenvalue weighted by atomic mass is 28.4. The Labute approximate surface area is 133 Å². The zero-order valence-electron chi connectivity index (χ0n) is 13.1. The molecule has 0 aliphatic carbocycles. The molecule has 0 aliphatic heterocycles. The molecule has 0 N–H and O–H groups in total. The summed E-state index contributed by atoms with van der Waals surface area (Å²) in [5, 5.41) is 9.47. The molecule has 110 valence electrons. The molecule has 0 amide bonds. The quantitative estimate of drug-likeness (QED) is 0.341. The summed E-state index contributed by atoms with van der Waals surface area (Å²) in [6, 6.07) is 21.6. The Bertz CT molecular complexity index is 730. The number of benzene rings is 2. The van der Waals surface area contributed by atoms with E-state index < -0.39 is 8.32 Å². The number of hydrogen-bond acceptors (Lipinski definition) is 2. The summed E-state index contributed by atoms with van der Waals surface area (Å²) in [6.45, 7) is 6.35. The van der Waals surface area contributed by atoms with E-state index in [-0.39, 0.29) is 0 Å². The summed E-state index contributed by atoms with van der Waals surface area (Å²) in [5.41, 5.74) is 5.45. The molecule has 0 aliphatic rings. The SMILES string of the molecule is C[Si](C)(C)OC(=C=C(C#N)c1ccccc1)c1ccccc1. The Morgan fingerprint density at radius 2 is 1.36 bits per heavy atom. The average Bonchev–Trinajstić information content (AvgIpc) is 2.52. The molecule has 2 rings (SSSR count). The second-order valence-electron chi connectivity index (χ2n) is 5.89. The molecule has 0 spiro atoms. The summed E-state index contributed by atoms with van der Waals surface area (Å²) < 4.78 is 6.15. The topological polar surface area (TPSA) is 33.0 Å². The van der Waals surface area contributed by atoms with Crippen LogP contribution in [0.2, 0.25) is 19.6 Å². The first-order valence-electron chi connectivity index (χ1n) is 7.20. The van der Waals surface area contributed by atoms with Crippen LogP contribution in [0.15, 0.2) is 66.4 Å². The number of hydrogen-bond donors (Lipinski definition) is 0. The smallest absolute Gasteiger partial charge is 0.243 e. The van der Waals surface area contributed by atoms with Crippen molar-refractivity contribution in [2.45, 2.75) is 19.6 Å². The first kappa shape index (κ1) is 15.8. The molecule has 22 heavy (non-hydrogen) atoms. The van der Waals surface area contributed by atoms with Gasteiger partial charge in [-0.25, -0.2) is 0 Å². The average molecular weight is 305 g/mol. The van der Waals surface area contributed by atoms with Crippen molar-refractivity contribution in [1.82, 2.24) is 0 Å². The number of nitriles is 1. The van der Waals surface area contributed by atoms with Crippen molar-refractivity contribution in [2.75, 3.05) is 0 Å². The van der Waals surface area contributed by atoms with E-state index in [4.69, 9.17) is 4.43 Å². The molecule has 0 radical (unpaired) electrons. The van der Waals surface area contributed by atoms with E-state index in [9.17, 15) is 5.26 Å².